The summed E-state index contributed by atoms with van der Waals surface area (Å²) in [5.74, 6) is -0.0934. The molecule has 3 N–H and O–H groups in total. The van der Waals surface area contributed by atoms with Crippen LogP contribution < -0.4 is 11.2 Å². The van der Waals surface area contributed by atoms with Gasteiger partial charge in [-0.3, -0.25) is 9.63 Å². The van der Waals surface area contributed by atoms with Crippen LogP contribution in [0.5, 0.6) is 0 Å². The number of carbonyl (C=O) groups is 1. The number of benzene rings is 1. The average Bonchev–Trinajstić information content (AvgIpc) is 2.41. The molecule has 104 valence electrons. The number of nitrogens with two attached hydrogens (primary N) is 1. The molecule has 2 rings (SSSR count). The van der Waals surface area contributed by atoms with Gasteiger partial charge in [0.2, 0.25) is 5.91 Å². The number of rotatable bonds is 4. The summed E-state index contributed by atoms with van der Waals surface area (Å²) in [6, 6.07) is 8.18. The third kappa shape index (κ3) is 4.33. The van der Waals surface area contributed by atoms with Gasteiger partial charge >= 0.3 is 0 Å². The van der Waals surface area contributed by atoms with E-state index in [4.69, 9.17) is 10.6 Å². The van der Waals surface area contributed by atoms with Crippen molar-refractivity contribution in [2.45, 2.75) is 51.2 Å². The first-order chi connectivity index (χ1) is 9.15. The first-order valence-electron chi connectivity index (χ1n) is 6.89. The average molecular weight is 262 g/mol. The Hall–Kier alpha value is -1.39. The number of hydrogen-bond donors (Lipinski definition) is 2. The Labute approximate surface area is 114 Å². The lowest BCUT2D eigenvalue weighted by Crippen LogP contribution is -2.36. The molecule has 4 heteroatoms. The molecule has 1 aromatic rings. The third-order valence-corrected chi connectivity index (χ3v) is 3.67. The van der Waals surface area contributed by atoms with Crippen molar-refractivity contribution < 1.29 is 9.63 Å². The molecule has 0 radical (unpaired) electrons. The van der Waals surface area contributed by atoms with E-state index in [0.717, 1.165) is 36.8 Å². The van der Waals surface area contributed by atoms with Gasteiger partial charge in [0.05, 0.1) is 12.5 Å². The molecule has 1 aromatic carbocycles. The molecular weight excluding hydrogens is 240 g/mol. The molecule has 1 fully saturated rings. The van der Waals surface area contributed by atoms with Crippen molar-refractivity contribution in [3.8, 4) is 0 Å². The first-order valence-corrected chi connectivity index (χ1v) is 6.89. The largest absolute Gasteiger partial charge is 0.328 e. The monoisotopic (exact) mass is 262 g/mol. The lowest BCUT2D eigenvalue weighted by atomic mass is 9.94. The predicted octanol–water partition coefficient (Wildman–Crippen LogP) is 1.86. The summed E-state index contributed by atoms with van der Waals surface area (Å²) in [6.07, 6.45) is 4.26. The predicted molar refractivity (Wildman–Crippen MR) is 74.3 cm³/mol. The minimum absolute atomic E-state index is 0.0934. The fourth-order valence-electron chi connectivity index (χ4n) is 2.37. The maximum atomic E-state index is 11.8. The van der Waals surface area contributed by atoms with E-state index in [1.54, 1.807) is 0 Å². The molecule has 0 unspecified atom stereocenters. The number of carbonyl (C=O) groups excluding carboxylic acids is 1. The van der Waals surface area contributed by atoms with Crippen LogP contribution in [0, 0.1) is 6.92 Å². The van der Waals surface area contributed by atoms with Gasteiger partial charge in [-0.1, -0.05) is 24.3 Å². The standard InChI is InChI=1S/C15H22N2O2/c1-11-4-2-3-5-12(11)10-15(18)17-19-14-8-6-13(16)7-9-14/h2-5,13-14H,6-10,16H2,1H3,(H,17,18). The van der Waals surface area contributed by atoms with Crippen LogP contribution in [0.3, 0.4) is 0 Å². The minimum atomic E-state index is -0.0934. The van der Waals surface area contributed by atoms with E-state index in [0.29, 0.717) is 12.5 Å². The first kappa shape index (κ1) is 14.0. The van der Waals surface area contributed by atoms with Gasteiger partial charge in [-0.15, -0.1) is 0 Å². The zero-order valence-corrected chi connectivity index (χ0v) is 11.4. The lowest BCUT2D eigenvalue weighted by Gasteiger charge is -2.25. The van der Waals surface area contributed by atoms with E-state index in [-0.39, 0.29) is 12.0 Å². The highest BCUT2D eigenvalue weighted by atomic mass is 16.7. The van der Waals surface area contributed by atoms with Gasteiger partial charge in [0, 0.05) is 6.04 Å². The molecule has 19 heavy (non-hydrogen) atoms. The molecule has 1 aliphatic rings. The van der Waals surface area contributed by atoms with Gasteiger partial charge in [0.15, 0.2) is 0 Å². The van der Waals surface area contributed by atoms with Crippen molar-refractivity contribution in [2.24, 2.45) is 5.73 Å². The number of nitrogens with one attached hydrogen (secondary N) is 1. The molecular formula is C15H22N2O2. The molecule has 1 aliphatic carbocycles. The Morgan fingerprint density at radius 3 is 2.68 bits per heavy atom. The molecule has 1 saturated carbocycles. The molecule has 0 saturated heterocycles. The second-order valence-electron chi connectivity index (χ2n) is 5.28. The second-order valence-corrected chi connectivity index (χ2v) is 5.28. The Balaban J connectivity index is 1.74. The summed E-state index contributed by atoms with van der Waals surface area (Å²) < 4.78 is 0. The van der Waals surface area contributed by atoms with Crippen LogP contribution in [-0.2, 0) is 16.1 Å². The molecule has 0 bridgehead atoms. The molecule has 0 heterocycles. The maximum Gasteiger partial charge on any atom is 0.247 e. The van der Waals surface area contributed by atoms with Gasteiger partial charge in [0.1, 0.15) is 0 Å². The van der Waals surface area contributed by atoms with Crippen molar-refractivity contribution in [1.82, 2.24) is 5.48 Å². The zero-order valence-electron chi connectivity index (χ0n) is 11.4. The third-order valence-electron chi connectivity index (χ3n) is 3.67. The SMILES string of the molecule is Cc1ccccc1CC(=O)NOC1CCC(N)CC1. The quantitative estimate of drug-likeness (QED) is 0.814. The van der Waals surface area contributed by atoms with Crippen LogP contribution >= 0.6 is 0 Å². The maximum absolute atomic E-state index is 11.8. The van der Waals surface area contributed by atoms with Gasteiger partial charge in [-0.05, 0) is 43.7 Å². The lowest BCUT2D eigenvalue weighted by molar-refractivity contribution is -0.139. The van der Waals surface area contributed by atoms with E-state index in [1.165, 1.54) is 0 Å². The highest BCUT2D eigenvalue weighted by Crippen LogP contribution is 2.19. The normalized spacial score (nSPS) is 23.1. The summed E-state index contributed by atoms with van der Waals surface area (Å²) >= 11 is 0. The molecule has 0 aliphatic heterocycles. The van der Waals surface area contributed by atoms with Crippen molar-refractivity contribution in [3.05, 3.63) is 35.4 Å². The molecule has 0 aromatic heterocycles. The van der Waals surface area contributed by atoms with Crippen LogP contribution in [0.25, 0.3) is 0 Å². The highest BCUT2D eigenvalue weighted by Gasteiger charge is 2.20. The Kier molecular flexibility index (Phi) is 4.93. The Morgan fingerprint density at radius 2 is 2.00 bits per heavy atom. The van der Waals surface area contributed by atoms with Gasteiger partial charge in [-0.2, -0.15) is 0 Å². The summed E-state index contributed by atoms with van der Waals surface area (Å²) in [7, 11) is 0. The van der Waals surface area contributed by atoms with Crippen molar-refractivity contribution in [3.63, 3.8) is 0 Å². The minimum Gasteiger partial charge on any atom is -0.328 e. The molecule has 1 amide bonds. The van der Waals surface area contributed by atoms with E-state index in [2.05, 4.69) is 5.48 Å². The zero-order chi connectivity index (χ0) is 13.7. The van der Waals surface area contributed by atoms with Crippen LogP contribution in [0.2, 0.25) is 0 Å². The highest BCUT2D eigenvalue weighted by molar-refractivity contribution is 5.77. The second kappa shape index (κ2) is 6.68. The fraction of sp³-hybridized carbons (Fsp3) is 0.533. The Bertz CT molecular complexity index is 426. The number of hydrogen-bond acceptors (Lipinski definition) is 3. The van der Waals surface area contributed by atoms with Crippen molar-refractivity contribution in [1.29, 1.82) is 0 Å². The fourth-order valence-corrected chi connectivity index (χ4v) is 2.37. The summed E-state index contributed by atoms with van der Waals surface area (Å²) in [6.45, 7) is 2.01. The van der Waals surface area contributed by atoms with Crippen molar-refractivity contribution >= 4 is 5.91 Å². The molecule has 0 spiro atoms. The van der Waals surface area contributed by atoms with Crippen molar-refractivity contribution in [2.75, 3.05) is 0 Å². The summed E-state index contributed by atoms with van der Waals surface area (Å²) in [4.78, 5) is 17.3. The smallest absolute Gasteiger partial charge is 0.247 e. The van der Waals surface area contributed by atoms with Crippen LogP contribution in [-0.4, -0.2) is 18.1 Å². The summed E-state index contributed by atoms with van der Waals surface area (Å²) in [5.41, 5.74) is 10.6. The number of amides is 1. The van der Waals surface area contributed by atoms with E-state index in [9.17, 15) is 4.79 Å². The van der Waals surface area contributed by atoms with Crippen LogP contribution in [0.15, 0.2) is 24.3 Å². The molecule has 0 atom stereocenters. The van der Waals surface area contributed by atoms with E-state index >= 15 is 0 Å². The van der Waals surface area contributed by atoms with E-state index in [1.807, 2.05) is 31.2 Å². The Morgan fingerprint density at radius 1 is 1.32 bits per heavy atom. The number of aryl methyl sites for hydroxylation is 1. The van der Waals surface area contributed by atoms with Crippen LogP contribution in [0.1, 0.15) is 36.8 Å². The number of hydroxylamine groups is 1. The van der Waals surface area contributed by atoms with Gasteiger partial charge in [-0.25, -0.2) is 5.48 Å². The topological polar surface area (TPSA) is 64.3 Å². The summed E-state index contributed by atoms with van der Waals surface area (Å²) in [5, 5.41) is 0. The van der Waals surface area contributed by atoms with Crippen LogP contribution in [0.4, 0.5) is 0 Å². The van der Waals surface area contributed by atoms with E-state index < -0.39 is 0 Å². The van der Waals surface area contributed by atoms with Gasteiger partial charge < -0.3 is 5.73 Å². The molecule has 4 nitrogen and oxygen atoms in total. The van der Waals surface area contributed by atoms with Gasteiger partial charge in [0.25, 0.3) is 0 Å².